The predicted octanol–water partition coefficient (Wildman–Crippen LogP) is 1.97. The number of carboxylic acid groups (broad SMARTS) is 1. The number of hydrogen-bond acceptors (Lipinski definition) is 5. The second-order valence-corrected chi connectivity index (χ2v) is 4.74. The molecular formula is C15H13N3O5. The van der Waals surface area contributed by atoms with E-state index in [-0.39, 0.29) is 18.1 Å². The molecule has 0 saturated carbocycles. The smallest absolute Gasteiger partial charge is 0.325 e. The predicted molar refractivity (Wildman–Crippen MR) is 80.6 cm³/mol. The quantitative estimate of drug-likeness (QED) is 0.745. The van der Waals surface area contributed by atoms with Crippen molar-refractivity contribution in [2.75, 3.05) is 12.4 Å². The summed E-state index contributed by atoms with van der Waals surface area (Å²) < 4.78 is 11.9. The Morgan fingerprint density at radius 1 is 1.39 bits per heavy atom. The summed E-state index contributed by atoms with van der Waals surface area (Å²) in [5, 5.41) is 15.9. The van der Waals surface area contributed by atoms with Crippen LogP contribution in [0.4, 0.5) is 5.82 Å². The van der Waals surface area contributed by atoms with Gasteiger partial charge in [0.25, 0.3) is 5.91 Å². The summed E-state index contributed by atoms with van der Waals surface area (Å²) in [6.45, 7) is -0.280. The summed E-state index contributed by atoms with van der Waals surface area (Å²) in [5.74, 6) is -0.618. The molecule has 3 rings (SSSR count). The topological polar surface area (TPSA) is 107 Å². The molecule has 0 atom stereocenters. The maximum absolute atomic E-state index is 12.2. The molecule has 2 N–H and O–H groups in total. The first-order valence-corrected chi connectivity index (χ1v) is 6.70. The lowest BCUT2D eigenvalue weighted by molar-refractivity contribution is -0.137. The number of aliphatic carboxylic acids is 1. The van der Waals surface area contributed by atoms with E-state index in [0.29, 0.717) is 11.3 Å². The molecule has 2 heterocycles. The van der Waals surface area contributed by atoms with E-state index in [4.69, 9.17) is 14.3 Å². The van der Waals surface area contributed by atoms with E-state index in [2.05, 4.69) is 10.4 Å². The molecule has 1 amide bonds. The third-order valence-electron chi connectivity index (χ3n) is 3.13. The molecule has 8 nitrogen and oxygen atoms in total. The fourth-order valence-electron chi connectivity index (χ4n) is 2.14. The molecule has 3 aromatic rings. The van der Waals surface area contributed by atoms with E-state index in [1.165, 1.54) is 24.1 Å². The van der Waals surface area contributed by atoms with Gasteiger partial charge in [-0.3, -0.25) is 14.3 Å². The number of furan rings is 1. The molecule has 2 aromatic heterocycles. The lowest BCUT2D eigenvalue weighted by Crippen LogP contribution is -2.13. The number of carbonyl (C=O) groups is 2. The molecule has 1 aromatic carbocycles. The van der Waals surface area contributed by atoms with Crippen LogP contribution in [0, 0.1) is 0 Å². The van der Waals surface area contributed by atoms with E-state index in [1.54, 1.807) is 24.3 Å². The van der Waals surface area contributed by atoms with E-state index in [0.717, 1.165) is 5.39 Å². The summed E-state index contributed by atoms with van der Waals surface area (Å²) >= 11 is 0. The van der Waals surface area contributed by atoms with Gasteiger partial charge in [-0.2, -0.15) is 5.10 Å². The second-order valence-electron chi connectivity index (χ2n) is 4.74. The van der Waals surface area contributed by atoms with E-state index < -0.39 is 11.9 Å². The summed E-state index contributed by atoms with van der Waals surface area (Å²) in [6.07, 6.45) is 1.46. The summed E-state index contributed by atoms with van der Waals surface area (Å²) in [7, 11) is 1.52. The molecule has 0 radical (unpaired) electrons. The lowest BCUT2D eigenvalue weighted by atomic mass is 10.2. The summed E-state index contributed by atoms with van der Waals surface area (Å²) in [4.78, 5) is 22.8. The van der Waals surface area contributed by atoms with Crippen LogP contribution >= 0.6 is 0 Å². The molecule has 23 heavy (non-hydrogen) atoms. The number of carboxylic acids is 1. The van der Waals surface area contributed by atoms with Crippen molar-refractivity contribution in [2.24, 2.45) is 0 Å². The Morgan fingerprint density at radius 3 is 2.96 bits per heavy atom. The molecule has 0 saturated heterocycles. The molecule has 0 bridgehead atoms. The van der Waals surface area contributed by atoms with Crippen molar-refractivity contribution in [1.82, 2.24) is 9.78 Å². The molecule has 0 aliphatic rings. The fourth-order valence-corrected chi connectivity index (χ4v) is 2.14. The van der Waals surface area contributed by atoms with Crippen LogP contribution in [0.5, 0.6) is 5.75 Å². The number of amides is 1. The van der Waals surface area contributed by atoms with E-state index >= 15 is 0 Å². The zero-order chi connectivity index (χ0) is 16.4. The molecule has 0 spiro atoms. The van der Waals surface area contributed by atoms with Gasteiger partial charge in [0, 0.05) is 17.6 Å². The van der Waals surface area contributed by atoms with Crippen molar-refractivity contribution in [3.8, 4) is 5.75 Å². The van der Waals surface area contributed by atoms with Gasteiger partial charge in [-0.1, -0.05) is 12.1 Å². The Morgan fingerprint density at radius 2 is 2.22 bits per heavy atom. The molecule has 0 fully saturated rings. The van der Waals surface area contributed by atoms with Crippen molar-refractivity contribution >= 4 is 28.7 Å². The molecule has 8 heteroatoms. The van der Waals surface area contributed by atoms with Crippen molar-refractivity contribution in [3.63, 3.8) is 0 Å². The van der Waals surface area contributed by atoms with Crippen LogP contribution in [-0.2, 0) is 11.3 Å². The number of carbonyl (C=O) groups excluding carboxylic acids is 1. The van der Waals surface area contributed by atoms with Crippen LogP contribution in [0.1, 0.15) is 10.6 Å². The Kier molecular flexibility index (Phi) is 3.71. The average Bonchev–Trinajstić information content (AvgIpc) is 3.12. The van der Waals surface area contributed by atoms with Crippen LogP contribution < -0.4 is 10.1 Å². The highest BCUT2D eigenvalue weighted by molar-refractivity contribution is 6.04. The largest absolute Gasteiger partial charge is 0.493 e. The highest BCUT2D eigenvalue weighted by Gasteiger charge is 2.16. The summed E-state index contributed by atoms with van der Waals surface area (Å²) in [6, 6.07) is 8.44. The van der Waals surface area contributed by atoms with Gasteiger partial charge in [-0.05, 0) is 12.1 Å². The average molecular weight is 315 g/mol. The third kappa shape index (κ3) is 3.00. The number of hydrogen-bond donors (Lipinski definition) is 2. The number of aromatic nitrogens is 2. The second kappa shape index (κ2) is 5.84. The van der Waals surface area contributed by atoms with Crippen LogP contribution in [0.3, 0.4) is 0 Å². The van der Waals surface area contributed by atoms with Gasteiger partial charge >= 0.3 is 5.97 Å². The van der Waals surface area contributed by atoms with Crippen LogP contribution in [-0.4, -0.2) is 33.9 Å². The maximum atomic E-state index is 12.2. The Labute approximate surface area is 130 Å². The van der Waals surface area contributed by atoms with Gasteiger partial charge < -0.3 is 19.6 Å². The number of anilines is 1. The van der Waals surface area contributed by atoms with Crippen molar-refractivity contribution in [2.45, 2.75) is 6.54 Å². The molecule has 0 aliphatic carbocycles. The number of methoxy groups -OCH3 is 1. The van der Waals surface area contributed by atoms with Gasteiger partial charge in [0.15, 0.2) is 22.9 Å². The SMILES string of the molecule is COc1cccc2cc(C(=O)Nc3ccn(CC(=O)O)n3)oc12. The fraction of sp³-hybridized carbons (Fsp3) is 0.133. The number of nitrogens with zero attached hydrogens (tertiary/aromatic N) is 2. The van der Waals surface area contributed by atoms with Crippen molar-refractivity contribution in [3.05, 3.63) is 42.3 Å². The van der Waals surface area contributed by atoms with Gasteiger partial charge in [0.2, 0.25) is 0 Å². The highest BCUT2D eigenvalue weighted by Crippen LogP contribution is 2.28. The van der Waals surface area contributed by atoms with Crippen LogP contribution in [0.25, 0.3) is 11.0 Å². The normalized spacial score (nSPS) is 10.7. The minimum absolute atomic E-state index is 0.109. The first kappa shape index (κ1) is 14.6. The zero-order valence-corrected chi connectivity index (χ0v) is 12.1. The molecule has 118 valence electrons. The number of nitrogens with one attached hydrogen (secondary N) is 1. The number of fused-ring (bicyclic) bond motifs is 1. The first-order chi connectivity index (χ1) is 11.1. The Balaban J connectivity index is 1.80. The van der Waals surface area contributed by atoms with Gasteiger partial charge in [-0.25, -0.2) is 0 Å². The minimum atomic E-state index is -1.02. The number of para-hydroxylation sites is 1. The van der Waals surface area contributed by atoms with Crippen LogP contribution in [0.2, 0.25) is 0 Å². The van der Waals surface area contributed by atoms with Gasteiger partial charge in [-0.15, -0.1) is 0 Å². The van der Waals surface area contributed by atoms with E-state index in [1.807, 2.05) is 0 Å². The van der Waals surface area contributed by atoms with Gasteiger partial charge in [0.1, 0.15) is 6.54 Å². The van der Waals surface area contributed by atoms with E-state index in [9.17, 15) is 9.59 Å². The Bertz CT molecular complexity index is 880. The third-order valence-corrected chi connectivity index (χ3v) is 3.13. The van der Waals surface area contributed by atoms with Gasteiger partial charge in [0.05, 0.1) is 7.11 Å². The maximum Gasteiger partial charge on any atom is 0.325 e. The molecule has 0 unspecified atom stereocenters. The zero-order valence-electron chi connectivity index (χ0n) is 12.1. The molecule has 0 aliphatic heterocycles. The summed E-state index contributed by atoms with van der Waals surface area (Å²) in [5.41, 5.74) is 0.483. The molecular weight excluding hydrogens is 302 g/mol. The number of ether oxygens (including phenoxy) is 1. The van der Waals surface area contributed by atoms with Crippen molar-refractivity contribution in [1.29, 1.82) is 0 Å². The highest BCUT2D eigenvalue weighted by atomic mass is 16.5. The lowest BCUT2D eigenvalue weighted by Gasteiger charge is -1.99. The monoisotopic (exact) mass is 315 g/mol. The minimum Gasteiger partial charge on any atom is -0.493 e. The standard InChI is InChI=1S/C15H13N3O5/c1-22-10-4-2-3-9-7-11(23-14(9)10)15(21)16-12-5-6-18(17-12)8-13(19)20/h2-7H,8H2,1H3,(H,19,20)(H,16,17,21). The van der Waals surface area contributed by atoms with Crippen LogP contribution in [0.15, 0.2) is 40.9 Å². The Hall–Kier alpha value is -3.29. The number of benzene rings is 1. The number of rotatable bonds is 5. The van der Waals surface area contributed by atoms with Crippen molar-refractivity contribution < 1.29 is 23.8 Å². The first-order valence-electron chi connectivity index (χ1n) is 6.70.